The van der Waals surface area contributed by atoms with E-state index in [1.807, 2.05) is 6.20 Å². The van der Waals surface area contributed by atoms with Gasteiger partial charge in [0.15, 0.2) is 5.96 Å². The molecule has 2 N–H and O–H groups in total. The number of nitrogens with zero attached hydrogens (tertiary/aromatic N) is 2. The van der Waals surface area contributed by atoms with Crippen molar-refractivity contribution in [2.75, 3.05) is 20.1 Å². The highest BCUT2D eigenvalue weighted by molar-refractivity contribution is 7.11. The van der Waals surface area contributed by atoms with E-state index in [-0.39, 0.29) is 0 Å². The van der Waals surface area contributed by atoms with Crippen LogP contribution in [0.15, 0.2) is 35.5 Å². The Balaban J connectivity index is 1.67. The van der Waals surface area contributed by atoms with Gasteiger partial charge in [-0.1, -0.05) is 29.8 Å². The van der Waals surface area contributed by atoms with Crippen molar-refractivity contribution in [3.8, 4) is 0 Å². The molecule has 0 bridgehead atoms. The van der Waals surface area contributed by atoms with Crippen molar-refractivity contribution in [3.63, 3.8) is 0 Å². The zero-order valence-electron chi connectivity index (χ0n) is 13.5. The van der Waals surface area contributed by atoms with E-state index in [1.165, 1.54) is 21.0 Å². The van der Waals surface area contributed by atoms with E-state index in [0.29, 0.717) is 0 Å². The first-order valence-corrected chi connectivity index (χ1v) is 8.40. The Morgan fingerprint density at radius 1 is 1.09 bits per heavy atom. The number of benzene rings is 1. The molecule has 5 heteroatoms. The molecule has 22 heavy (non-hydrogen) atoms. The van der Waals surface area contributed by atoms with Gasteiger partial charge in [-0.15, -0.1) is 11.3 Å². The van der Waals surface area contributed by atoms with Crippen LogP contribution < -0.4 is 10.6 Å². The molecule has 4 nitrogen and oxygen atoms in total. The number of aliphatic imine (C=N–C) groups is 1. The maximum absolute atomic E-state index is 4.37. The Morgan fingerprint density at radius 2 is 1.77 bits per heavy atom. The van der Waals surface area contributed by atoms with Gasteiger partial charge in [-0.2, -0.15) is 0 Å². The van der Waals surface area contributed by atoms with Crippen molar-refractivity contribution in [2.45, 2.75) is 26.7 Å². The molecule has 0 spiro atoms. The molecule has 0 aliphatic rings. The fourth-order valence-corrected chi connectivity index (χ4v) is 2.89. The van der Waals surface area contributed by atoms with Gasteiger partial charge < -0.3 is 10.6 Å². The van der Waals surface area contributed by atoms with Gasteiger partial charge in [0.05, 0.1) is 5.01 Å². The highest BCUT2D eigenvalue weighted by Gasteiger charge is 2.01. The molecule has 0 unspecified atom stereocenters. The minimum absolute atomic E-state index is 0.844. The van der Waals surface area contributed by atoms with Crippen LogP contribution in [-0.4, -0.2) is 31.1 Å². The predicted octanol–water partition coefficient (Wildman–Crippen LogP) is 2.71. The molecule has 0 amide bonds. The van der Waals surface area contributed by atoms with Crippen LogP contribution in [0.4, 0.5) is 0 Å². The summed E-state index contributed by atoms with van der Waals surface area (Å²) in [6.45, 7) is 5.91. The van der Waals surface area contributed by atoms with E-state index in [2.05, 4.69) is 58.7 Å². The molecule has 1 aromatic carbocycles. The maximum atomic E-state index is 4.37. The molecule has 0 saturated heterocycles. The van der Waals surface area contributed by atoms with Crippen LogP contribution in [0.25, 0.3) is 0 Å². The quantitative estimate of drug-likeness (QED) is 0.636. The summed E-state index contributed by atoms with van der Waals surface area (Å²) in [4.78, 5) is 9.87. The lowest BCUT2D eigenvalue weighted by Crippen LogP contribution is -2.39. The number of hydrogen-bond donors (Lipinski definition) is 2. The van der Waals surface area contributed by atoms with Crippen molar-refractivity contribution in [3.05, 3.63) is 51.5 Å². The smallest absolute Gasteiger partial charge is 0.191 e. The van der Waals surface area contributed by atoms with E-state index in [1.54, 1.807) is 18.4 Å². The van der Waals surface area contributed by atoms with Gasteiger partial charge in [0.2, 0.25) is 0 Å². The summed E-state index contributed by atoms with van der Waals surface area (Å²) in [5, 5.41) is 7.84. The van der Waals surface area contributed by atoms with Crippen molar-refractivity contribution in [1.29, 1.82) is 0 Å². The van der Waals surface area contributed by atoms with Crippen LogP contribution >= 0.6 is 11.3 Å². The lowest BCUT2D eigenvalue weighted by Gasteiger charge is -2.11. The normalized spacial score (nSPS) is 11.5. The number of nitrogens with one attached hydrogen (secondary N) is 2. The van der Waals surface area contributed by atoms with Crippen LogP contribution in [0.5, 0.6) is 0 Å². The number of guanidine groups is 1. The third-order valence-corrected chi connectivity index (χ3v) is 4.32. The molecule has 2 aromatic rings. The summed E-state index contributed by atoms with van der Waals surface area (Å²) in [7, 11) is 1.80. The number of thiazole rings is 1. The fourth-order valence-electron chi connectivity index (χ4n) is 2.11. The molecule has 118 valence electrons. The summed E-state index contributed by atoms with van der Waals surface area (Å²) in [5.74, 6) is 0.848. The first-order valence-electron chi connectivity index (χ1n) is 7.59. The summed E-state index contributed by atoms with van der Waals surface area (Å²) in [6, 6.07) is 8.66. The fraction of sp³-hybridized carbons (Fsp3) is 0.412. The van der Waals surface area contributed by atoms with E-state index in [4.69, 9.17) is 0 Å². The monoisotopic (exact) mass is 316 g/mol. The molecule has 0 fully saturated rings. The van der Waals surface area contributed by atoms with Crippen molar-refractivity contribution in [1.82, 2.24) is 15.6 Å². The second-order valence-electron chi connectivity index (χ2n) is 5.28. The topological polar surface area (TPSA) is 49.3 Å². The summed E-state index contributed by atoms with van der Waals surface area (Å²) in [6.07, 6.45) is 3.85. The predicted molar refractivity (Wildman–Crippen MR) is 94.8 cm³/mol. The molecule has 2 rings (SSSR count). The zero-order chi connectivity index (χ0) is 15.8. The highest BCUT2D eigenvalue weighted by atomic mass is 32.1. The van der Waals surface area contributed by atoms with Crippen molar-refractivity contribution < 1.29 is 0 Å². The molecule has 0 atom stereocenters. The summed E-state index contributed by atoms with van der Waals surface area (Å²) >= 11 is 1.75. The van der Waals surface area contributed by atoms with Gasteiger partial charge in [0.25, 0.3) is 0 Å². The minimum atomic E-state index is 0.844. The average molecular weight is 316 g/mol. The Bertz CT molecular complexity index is 601. The molecule has 0 aliphatic heterocycles. The third-order valence-electron chi connectivity index (χ3n) is 3.35. The van der Waals surface area contributed by atoms with Gasteiger partial charge in [-0.05, 0) is 25.8 Å². The first-order chi connectivity index (χ1) is 10.7. The first kappa shape index (κ1) is 16.5. The molecule has 0 saturated carbocycles. The van der Waals surface area contributed by atoms with Gasteiger partial charge in [0.1, 0.15) is 0 Å². The van der Waals surface area contributed by atoms with Crippen LogP contribution in [0, 0.1) is 13.8 Å². The Hall–Kier alpha value is -1.88. The van der Waals surface area contributed by atoms with Gasteiger partial charge in [0, 0.05) is 37.6 Å². The van der Waals surface area contributed by atoms with Gasteiger partial charge >= 0.3 is 0 Å². The Labute approximate surface area is 136 Å². The van der Waals surface area contributed by atoms with E-state index in [9.17, 15) is 0 Å². The van der Waals surface area contributed by atoms with Crippen LogP contribution in [-0.2, 0) is 12.8 Å². The van der Waals surface area contributed by atoms with Crippen molar-refractivity contribution in [2.24, 2.45) is 4.99 Å². The summed E-state index contributed by atoms with van der Waals surface area (Å²) < 4.78 is 0. The van der Waals surface area contributed by atoms with E-state index < -0.39 is 0 Å². The number of rotatable bonds is 6. The van der Waals surface area contributed by atoms with Crippen molar-refractivity contribution >= 4 is 17.3 Å². The van der Waals surface area contributed by atoms with Crippen LogP contribution in [0.3, 0.4) is 0 Å². The second kappa shape index (κ2) is 8.54. The lowest BCUT2D eigenvalue weighted by molar-refractivity contribution is 0.782. The second-order valence-corrected chi connectivity index (χ2v) is 6.60. The Morgan fingerprint density at radius 3 is 2.36 bits per heavy atom. The Kier molecular flexibility index (Phi) is 6.40. The summed E-state index contributed by atoms with van der Waals surface area (Å²) in [5.41, 5.74) is 2.64. The zero-order valence-corrected chi connectivity index (χ0v) is 14.3. The molecule has 1 aromatic heterocycles. The molecule has 0 aliphatic carbocycles. The third kappa shape index (κ3) is 5.48. The maximum Gasteiger partial charge on any atom is 0.191 e. The average Bonchev–Trinajstić information content (AvgIpc) is 2.93. The molecular weight excluding hydrogens is 292 g/mol. The largest absolute Gasteiger partial charge is 0.356 e. The van der Waals surface area contributed by atoms with Gasteiger partial charge in [-0.25, -0.2) is 4.98 Å². The van der Waals surface area contributed by atoms with Crippen LogP contribution in [0.2, 0.25) is 0 Å². The number of hydrogen-bond acceptors (Lipinski definition) is 3. The van der Waals surface area contributed by atoms with Gasteiger partial charge in [-0.3, -0.25) is 4.99 Å². The standard InChI is InChI=1S/C17H24N4S/c1-13-4-6-15(7-5-13)8-10-19-17(18-3)20-11-9-16-21-12-14(2)22-16/h4-7,12H,8-11H2,1-3H3,(H2,18,19,20). The molecular formula is C17H24N4S. The highest BCUT2D eigenvalue weighted by Crippen LogP contribution is 2.10. The molecule has 1 heterocycles. The number of aryl methyl sites for hydroxylation is 2. The van der Waals surface area contributed by atoms with E-state index >= 15 is 0 Å². The number of aromatic nitrogens is 1. The van der Waals surface area contributed by atoms with Crippen LogP contribution in [0.1, 0.15) is 21.0 Å². The molecule has 0 radical (unpaired) electrons. The minimum Gasteiger partial charge on any atom is -0.356 e. The SMILES string of the molecule is CN=C(NCCc1ccc(C)cc1)NCCc1ncc(C)s1. The van der Waals surface area contributed by atoms with E-state index in [0.717, 1.165) is 31.9 Å². The lowest BCUT2D eigenvalue weighted by atomic mass is 10.1.